The molecule has 0 radical (unpaired) electrons. The molecule has 5 nitrogen and oxygen atoms in total. The number of halogens is 1. The van der Waals surface area contributed by atoms with Crippen molar-refractivity contribution in [1.82, 2.24) is 10.2 Å². The van der Waals surface area contributed by atoms with Crippen LogP contribution in [0.4, 0.5) is 0 Å². The van der Waals surface area contributed by atoms with Gasteiger partial charge in [-0.2, -0.15) is 0 Å². The van der Waals surface area contributed by atoms with Gasteiger partial charge in [0.15, 0.2) is 6.61 Å². The smallest absolute Gasteiger partial charge is 0.261 e. The lowest BCUT2D eigenvalue weighted by Crippen LogP contribution is -2.49. The maximum Gasteiger partial charge on any atom is 0.261 e. The second-order valence-electron chi connectivity index (χ2n) is 7.53. The first-order chi connectivity index (χ1) is 14.3. The average molecular weight is 475 g/mol. The van der Waals surface area contributed by atoms with E-state index >= 15 is 0 Å². The molecule has 1 atom stereocenters. The summed E-state index contributed by atoms with van der Waals surface area (Å²) in [7, 11) is 0. The number of carbonyl (C=O) groups excluding carboxylic acids is 2. The van der Waals surface area contributed by atoms with Gasteiger partial charge in [0.05, 0.1) is 0 Å². The molecule has 30 heavy (non-hydrogen) atoms. The number of nitrogens with zero attached hydrogens (tertiary/aromatic N) is 1. The third-order valence-electron chi connectivity index (χ3n) is 4.96. The van der Waals surface area contributed by atoms with Gasteiger partial charge in [-0.15, -0.1) is 0 Å². The molecule has 0 spiro atoms. The third kappa shape index (κ3) is 7.17. The zero-order chi connectivity index (χ0) is 22.1. The summed E-state index contributed by atoms with van der Waals surface area (Å²) in [5.74, 6) is 0.247. The molecule has 0 aliphatic heterocycles. The summed E-state index contributed by atoms with van der Waals surface area (Å²) in [6, 6.07) is 13.0. The van der Waals surface area contributed by atoms with Gasteiger partial charge in [0, 0.05) is 17.6 Å². The summed E-state index contributed by atoms with van der Waals surface area (Å²) in [6.07, 6.45) is 1.91. The van der Waals surface area contributed by atoms with E-state index in [9.17, 15) is 9.59 Å². The van der Waals surface area contributed by atoms with Gasteiger partial charge in [-0.1, -0.05) is 59.1 Å². The number of unbranched alkanes of at least 4 members (excludes halogenated alkanes) is 1. The minimum Gasteiger partial charge on any atom is -0.484 e. The fraction of sp³-hybridized carbons (Fsp3) is 0.417. The summed E-state index contributed by atoms with van der Waals surface area (Å²) < 4.78 is 6.71. The average Bonchev–Trinajstić information content (AvgIpc) is 2.73. The zero-order valence-electron chi connectivity index (χ0n) is 18.2. The highest BCUT2D eigenvalue weighted by atomic mass is 79.9. The number of nitrogens with one attached hydrogen (secondary N) is 1. The number of ether oxygens (including phenoxy) is 1. The summed E-state index contributed by atoms with van der Waals surface area (Å²) in [5.41, 5.74) is 3.15. The molecule has 2 aromatic rings. The van der Waals surface area contributed by atoms with E-state index in [1.165, 1.54) is 0 Å². The standard InChI is InChI=1S/C24H31BrN2O3/c1-5-6-13-26-24(29)19(4)27(15-20-9-7-17(2)8-10-20)23(28)16-30-21-11-12-22(25)18(3)14-21/h7-12,14,19H,5-6,13,15-16H2,1-4H3,(H,26,29). The Morgan fingerprint density at radius 1 is 1.13 bits per heavy atom. The van der Waals surface area contributed by atoms with Gasteiger partial charge in [0.2, 0.25) is 5.91 Å². The van der Waals surface area contributed by atoms with E-state index in [2.05, 4.69) is 28.2 Å². The minimum atomic E-state index is -0.592. The molecule has 0 bridgehead atoms. The quantitative estimate of drug-likeness (QED) is 0.504. The van der Waals surface area contributed by atoms with E-state index in [4.69, 9.17) is 4.74 Å². The lowest BCUT2D eigenvalue weighted by molar-refractivity contribution is -0.142. The molecule has 0 aliphatic rings. The predicted molar refractivity (Wildman–Crippen MR) is 123 cm³/mol. The second kappa shape index (κ2) is 11.7. The van der Waals surface area contributed by atoms with E-state index in [0.717, 1.165) is 34.0 Å². The van der Waals surface area contributed by atoms with Gasteiger partial charge in [-0.25, -0.2) is 0 Å². The third-order valence-corrected chi connectivity index (χ3v) is 5.85. The molecular weight excluding hydrogens is 444 g/mol. The van der Waals surface area contributed by atoms with Crippen LogP contribution in [0.5, 0.6) is 5.75 Å². The Bertz CT molecular complexity index is 852. The number of aryl methyl sites for hydroxylation is 2. The molecule has 162 valence electrons. The monoisotopic (exact) mass is 474 g/mol. The van der Waals surface area contributed by atoms with E-state index in [-0.39, 0.29) is 18.4 Å². The SMILES string of the molecule is CCCCNC(=O)C(C)N(Cc1ccc(C)cc1)C(=O)COc1ccc(Br)c(C)c1. The van der Waals surface area contributed by atoms with Crippen molar-refractivity contribution in [3.05, 3.63) is 63.6 Å². The van der Waals surface area contributed by atoms with Gasteiger partial charge in [0.25, 0.3) is 5.91 Å². The lowest BCUT2D eigenvalue weighted by atomic mass is 10.1. The molecule has 1 N–H and O–H groups in total. The molecule has 0 fully saturated rings. The summed E-state index contributed by atoms with van der Waals surface area (Å²) in [4.78, 5) is 27.2. The number of hydrogen-bond donors (Lipinski definition) is 1. The van der Waals surface area contributed by atoms with Crippen LogP contribution in [-0.4, -0.2) is 35.9 Å². The van der Waals surface area contributed by atoms with E-state index in [1.807, 2.05) is 56.3 Å². The van der Waals surface area contributed by atoms with Crippen LogP contribution in [0.1, 0.15) is 43.4 Å². The number of rotatable bonds is 10. The second-order valence-corrected chi connectivity index (χ2v) is 8.38. The molecule has 2 rings (SSSR count). The molecule has 2 amide bonds. The largest absolute Gasteiger partial charge is 0.484 e. The van der Waals surface area contributed by atoms with Crippen LogP contribution in [0.15, 0.2) is 46.9 Å². The van der Waals surface area contributed by atoms with Gasteiger partial charge < -0.3 is 15.0 Å². The van der Waals surface area contributed by atoms with Gasteiger partial charge in [-0.05, 0) is 56.5 Å². The Hall–Kier alpha value is -2.34. The maximum absolute atomic E-state index is 13.0. The van der Waals surface area contributed by atoms with Crippen molar-refractivity contribution in [2.45, 2.75) is 53.1 Å². The molecule has 2 aromatic carbocycles. The first kappa shape index (κ1) is 23.9. The Balaban J connectivity index is 2.11. The number of benzene rings is 2. The van der Waals surface area contributed by atoms with Crippen LogP contribution in [0.2, 0.25) is 0 Å². The normalized spacial score (nSPS) is 11.6. The van der Waals surface area contributed by atoms with E-state index < -0.39 is 6.04 Å². The van der Waals surface area contributed by atoms with E-state index in [0.29, 0.717) is 18.8 Å². The highest BCUT2D eigenvalue weighted by molar-refractivity contribution is 9.10. The van der Waals surface area contributed by atoms with Crippen LogP contribution in [0.3, 0.4) is 0 Å². The summed E-state index contributed by atoms with van der Waals surface area (Å²) >= 11 is 3.46. The van der Waals surface area contributed by atoms with Crippen molar-refractivity contribution in [1.29, 1.82) is 0 Å². The molecule has 0 aromatic heterocycles. The van der Waals surface area contributed by atoms with Crippen molar-refractivity contribution in [2.24, 2.45) is 0 Å². The number of carbonyl (C=O) groups is 2. The Morgan fingerprint density at radius 3 is 2.47 bits per heavy atom. The first-order valence-electron chi connectivity index (χ1n) is 10.3. The van der Waals surface area contributed by atoms with Crippen molar-refractivity contribution < 1.29 is 14.3 Å². The maximum atomic E-state index is 13.0. The molecule has 0 heterocycles. The molecule has 0 saturated carbocycles. The molecule has 1 unspecified atom stereocenters. The predicted octanol–water partition coefficient (Wildman–Crippen LogP) is 4.78. The van der Waals surface area contributed by atoms with Crippen molar-refractivity contribution in [2.75, 3.05) is 13.2 Å². The Kier molecular flexibility index (Phi) is 9.37. The van der Waals surface area contributed by atoms with Crippen molar-refractivity contribution in [3.63, 3.8) is 0 Å². The van der Waals surface area contributed by atoms with Crippen LogP contribution in [0, 0.1) is 13.8 Å². The van der Waals surface area contributed by atoms with Crippen LogP contribution >= 0.6 is 15.9 Å². The Morgan fingerprint density at radius 2 is 1.83 bits per heavy atom. The van der Waals surface area contributed by atoms with Crippen LogP contribution in [0.25, 0.3) is 0 Å². The van der Waals surface area contributed by atoms with Gasteiger partial charge in [-0.3, -0.25) is 9.59 Å². The molecule has 0 aliphatic carbocycles. The Labute approximate surface area is 187 Å². The molecule has 0 saturated heterocycles. The lowest BCUT2D eigenvalue weighted by Gasteiger charge is -2.29. The molecular formula is C24H31BrN2O3. The van der Waals surface area contributed by atoms with Gasteiger partial charge in [0.1, 0.15) is 11.8 Å². The number of amides is 2. The van der Waals surface area contributed by atoms with Crippen LogP contribution in [-0.2, 0) is 16.1 Å². The highest BCUT2D eigenvalue weighted by Gasteiger charge is 2.26. The first-order valence-corrected chi connectivity index (χ1v) is 11.1. The summed E-state index contributed by atoms with van der Waals surface area (Å²) in [6.45, 7) is 8.65. The molecule has 6 heteroatoms. The summed E-state index contributed by atoms with van der Waals surface area (Å²) in [5, 5.41) is 2.92. The van der Waals surface area contributed by atoms with E-state index in [1.54, 1.807) is 11.8 Å². The zero-order valence-corrected chi connectivity index (χ0v) is 19.8. The fourth-order valence-electron chi connectivity index (χ4n) is 2.94. The fourth-order valence-corrected chi connectivity index (χ4v) is 3.19. The topological polar surface area (TPSA) is 58.6 Å². The van der Waals surface area contributed by atoms with Crippen LogP contribution < -0.4 is 10.1 Å². The van der Waals surface area contributed by atoms with Crippen molar-refractivity contribution in [3.8, 4) is 5.75 Å². The van der Waals surface area contributed by atoms with Gasteiger partial charge >= 0.3 is 0 Å². The van der Waals surface area contributed by atoms with Crippen molar-refractivity contribution >= 4 is 27.7 Å². The highest BCUT2D eigenvalue weighted by Crippen LogP contribution is 2.22. The minimum absolute atomic E-state index is 0.125. The number of hydrogen-bond acceptors (Lipinski definition) is 3.